The fourth-order valence-corrected chi connectivity index (χ4v) is 5.82. The van der Waals surface area contributed by atoms with E-state index < -0.39 is 11.2 Å². The van der Waals surface area contributed by atoms with E-state index in [4.69, 9.17) is 9.47 Å². The molecule has 0 radical (unpaired) electrons. The third kappa shape index (κ3) is 9.45. The number of benzene rings is 2. The number of carbonyl (C=O) groups excluding carboxylic acids is 2. The number of amides is 1. The molecular weight excluding hydrogens is 524 g/mol. The number of carbonyl (C=O) groups is 2. The van der Waals surface area contributed by atoms with Crippen LogP contribution in [0.4, 0.5) is 4.79 Å². The maximum atomic E-state index is 13.4. The van der Waals surface area contributed by atoms with Crippen LogP contribution in [0.25, 0.3) is 6.08 Å². The van der Waals surface area contributed by atoms with E-state index in [2.05, 4.69) is 48.6 Å². The van der Waals surface area contributed by atoms with Gasteiger partial charge in [-0.25, -0.2) is 9.59 Å². The molecule has 6 heteroatoms. The minimum Gasteiger partial charge on any atom is -0.456 e. The Labute approximate surface area is 252 Å². The summed E-state index contributed by atoms with van der Waals surface area (Å²) >= 11 is 0. The molecule has 2 fully saturated rings. The van der Waals surface area contributed by atoms with Gasteiger partial charge in [0.2, 0.25) is 0 Å². The minimum atomic E-state index is -0.570. The molecule has 4 rings (SSSR count). The van der Waals surface area contributed by atoms with Gasteiger partial charge in [0.25, 0.3) is 0 Å². The van der Waals surface area contributed by atoms with E-state index in [0.717, 1.165) is 37.7 Å². The molecule has 0 saturated heterocycles. The molecule has 0 aliphatic heterocycles. The monoisotopic (exact) mass is 574 g/mol. The molecule has 2 aromatic carbocycles. The number of nitrogens with zero attached hydrogens (tertiary/aromatic N) is 1. The van der Waals surface area contributed by atoms with Gasteiger partial charge in [0.1, 0.15) is 11.2 Å². The smallest absolute Gasteiger partial charge is 0.410 e. The Morgan fingerprint density at radius 1 is 0.881 bits per heavy atom. The fraction of sp³-hybridized carbons (Fsp3) is 0.556. The first-order valence-corrected chi connectivity index (χ1v) is 15.6. The van der Waals surface area contributed by atoms with Crippen molar-refractivity contribution in [2.75, 3.05) is 0 Å². The van der Waals surface area contributed by atoms with Crippen molar-refractivity contribution in [3.8, 4) is 0 Å². The SMILES string of the molecule is CC/C(=C\c1ccccc1)[C@@H]1C[C@H]1NC1CCC(N(Cc2ccc(C(=O)OC(C)(C)C)cc2)C(=O)OC(C)(C)C)CC1. The molecular formula is C36H50N2O4. The van der Waals surface area contributed by atoms with Gasteiger partial charge < -0.3 is 19.7 Å². The van der Waals surface area contributed by atoms with Crippen LogP contribution < -0.4 is 5.32 Å². The summed E-state index contributed by atoms with van der Waals surface area (Å²) in [6.45, 7) is 14.0. The highest BCUT2D eigenvalue weighted by Crippen LogP contribution is 2.41. The van der Waals surface area contributed by atoms with E-state index in [9.17, 15) is 9.59 Å². The zero-order chi connectivity index (χ0) is 30.5. The van der Waals surface area contributed by atoms with Gasteiger partial charge in [-0.2, -0.15) is 0 Å². The average Bonchev–Trinajstić information content (AvgIpc) is 3.68. The lowest BCUT2D eigenvalue weighted by molar-refractivity contribution is 0.00616. The summed E-state index contributed by atoms with van der Waals surface area (Å²) in [6.07, 6.45) is 8.31. The second kappa shape index (κ2) is 13.5. The van der Waals surface area contributed by atoms with Gasteiger partial charge in [0.15, 0.2) is 0 Å². The third-order valence-electron chi connectivity index (χ3n) is 7.98. The molecule has 2 aliphatic carbocycles. The molecule has 0 spiro atoms. The van der Waals surface area contributed by atoms with Crippen molar-refractivity contribution < 1.29 is 19.1 Å². The van der Waals surface area contributed by atoms with Crippen LogP contribution in [-0.2, 0) is 16.0 Å². The Bertz CT molecular complexity index is 1220. The number of hydrogen-bond donors (Lipinski definition) is 1. The van der Waals surface area contributed by atoms with E-state index in [1.165, 1.54) is 17.6 Å². The first kappa shape index (κ1) is 31.8. The molecule has 0 heterocycles. The molecule has 2 aromatic rings. The van der Waals surface area contributed by atoms with Crippen molar-refractivity contribution in [3.63, 3.8) is 0 Å². The summed E-state index contributed by atoms with van der Waals surface area (Å²) in [4.78, 5) is 27.7. The Morgan fingerprint density at radius 3 is 2.07 bits per heavy atom. The Morgan fingerprint density at radius 2 is 1.50 bits per heavy atom. The molecule has 1 N–H and O–H groups in total. The predicted molar refractivity (Wildman–Crippen MR) is 169 cm³/mol. The Balaban J connectivity index is 1.35. The highest BCUT2D eigenvalue weighted by Gasteiger charge is 2.41. The Hall–Kier alpha value is -3.12. The summed E-state index contributed by atoms with van der Waals surface area (Å²) in [5, 5.41) is 3.93. The molecule has 228 valence electrons. The van der Waals surface area contributed by atoms with Crippen LogP contribution in [0.3, 0.4) is 0 Å². The van der Waals surface area contributed by atoms with Crippen LogP contribution in [0.15, 0.2) is 60.2 Å². The first-order chi connectivity index (χ1) is 19.8. The van der Waals surface area contributed by atoms with Crippen molar-refractivity contribution in [3.05, 3.63) is 76.9 Å². The number of nitrogens with one attached hydrogen (secondary N) is 1. The van der Waals surface area contributed by atoms with Crippen LogP contribution in [0, 0.1) is 5.92 Å². The molecule has 2 saturated carbocycles. The van der Waals surface area contributed by atoms with Crippen LogP contribution >= 0.6 is 0 Å². The maximum Gasteiger partial charge on any atom is 0.410 e. The molecule has 1 amide bonds. The van der Waals surface area contributed by atoms with Crippen LogP contribution in [-0.4, -0.2) is 46.3 Å². The van der Waals surface area contributed by atoms with E-state index in [-0.39, 0.29) is 18.1 Å². The van der Waals surface area contributed by atoms with Gasteiger partial charge in [-0.3, -0.25) is 0 Å². The lowest BCUT2D eigenvalue weighted by atomic mass is 9.89. The summed E-state index contributed by atoms with van der Waals surface area (Å²) in [7, 11) is 0. The molecule has 6 nitrogen and oxygen atoms in total. The molecule has 0 aromatic heterocycles. The van der Waals surface area contributed by atoms with E-state index in [0.29, 0.717) is 30.1 Å². The maximum absolute atomic E-state index is 13.4. The highest BCUT2D eigenvalue weighted by molar-refractivity contribution is 5.89. The van der Waals surface area contributed by atoms with Crippen molar-refractivity contribution in [2.24, 2.45) is 5.92 Å². The molecule has 2 atom stereocenters. The van der Waals surface area contributed by atoms with Crippen molar-refractivity contribution >= 4 is 18.1 Å². The van der Waals surface area contributed by atoms with E-state index >= 15 is 0 Å². The second-order valence-electron chi connectivity index (χ2n) is 13.9. The predicted octanol–water partition coefficient (Wildman–Crippen LogP) is 8.16. The average molecular weight is 575 g/mol. The largest absolute Gasteiger partial charge is 0.456 e. The summed E-state index contributed by atoms with van der Waals surface area (Å²) < 4.78 is 11.3. The first-order valence-electron chi connectivity index (χ1n) is 15.6. The summed E-state index contributed by atoms with van der Waals surface area (Å²) in [5.41, 5.74) is 3.16. The zero-order valence-electron chi connectivity index (χ0n) is 26.6. The van der Waals surface area contributed by atoms with Crippen LogP contribution in [0.5, 0.6) is 0 Å². The lowest BCUT2D eigenvalue weighted by Gasteiger charge is -2.38. The van der Waals surface area contributed by atoms with Crippen LogP contribution in [0.2, 0.25) is 0 Å². The zero-order valence-corrected chi connectivity index (χ0v) is 26.6. The summed E-state index contributed by atoms with van der Waals surface area (Å²) in [6, 6.07) is 19.1. The van der Waals surface area contributed by atoms with Gasteiger partial charge >= 0.3 is 12.1 Å². The van der Waals surface area contributed by atoms with Gasteiger partial charge in [-0.05, 0) is 109 Å². The van der Waals surface area contributed by atoms with Gasteiger partial charge in [0, 0.05) is 24.7 Å². The van der Waals surface area contributed by atoms with Crippen molar-refractivity contribution in [1.82, 2.24) is 10.2 Å². The fourth-order valence-electron chi connectivity index (χ4n) is 5.82. The molecule has 42 heavy (non-hydrogen) atoms. The quantitative estimate of drug-likeness (QED) is 0.306. The van der Waals surface area contributed by atoms with Gasteiger partial charge in [-0.15, -0.1) is 0 Å². The summed E-state index contributed by atoms with van der Waals surface area (Å²) in [5.74, 6) is 0.276. The van der Waals surface area contributed by atoms with Crippen LogP contribution in [0.1, 0.15) is 108 Å². The lowest BCUT2D eigenvalue weighted by Crippen LogP contribution is -2.47. The van der Waals surface area contributed by atoms with Crippen molar-refractivity contribution in [2.45, 2.75) is 123 Å². The van der Waals surface area contributed by atoms with E-state index in [1.54, 1.807) is 12.1 Å². The molecule has 0 bridgehead atoms. The minimum absolute atomic E-state index is 0.114. The highest BCUT2D eigenvalue weighted by atomic mass is 16.6. The number of ether oxygens (including phenoxy) is 2. The number of esters is 1. The third-order valence-corrected chi connectivity index (χ3v) is 7.98. The number of hydrogen-bond acceptors (Lipinski definition) is 5. The molecule has 2 aliphatic rings. The Kier molecular flexibility index (Phi) is 10.2. The number of rotatable bonds is 9. The normalized spacial score (nSPS) is 22.8. The van der Waals surface area contributed by atoms with Gasteiger partial charge in [-0.1, -0.05) is 61.0 Å². The topological polar surface area (TPSA) is 67.9 Å². The molecule has 0 unspecified atom stereocenters. The second-order valence-corrected chi connectivity index (χ2v) is 13.9. The van der Waals surface area contributed by atoms with Crippen molar-refractivity contribution in [1.29, 1.82) is 0 Å². The van der Waals surface area contributed by atoms with E-state index in [1.807, 2.05) is 58.6 Å². The van der Waals surface area contributed by atoms with Gasteiger partial charge in [0.05, 0.1) is 5.56 Å². The standard InChI is InChI=1S/C36H50N2O4/c1-8-27(22-25-12-10-9-11-13-25)31-23-32(31)37-29-18-20-30(21-19-29)38(34(40)42-36(5,6)7)24-26-14-16-28(17-15-26)33(39)41-35(2,3)4/h9-17,22,29-32,37H,8,18-21,23-24H2,1-7H3/b27-22+/t29?,30?,31-,32+/m0/s1.